The quantitative estimate of drug-likeness (QED) is 0.131. The Morgan fingerprint density at radius 1 is 0.660 bits per heavy atom. The highest BCUT2D eigenvalue weighted by Gasteiger charge is 2.49. The molecule has 0 saturated carbocycles. The molecule has 47 heavy (non-hydrogen) atoms. The highest BCUT2D eigenvalue weighted by Crippen LogP contribution is 2.35. The summed E-state index contributed by atoms with van der Waals surface area (Å²) < 4.78 is 27.0. The van der Waals surface area contributed by atoms with Gasteiger partial charge >= 0.3 is 11.9 Å². The van der Waals surface area contributed by atoms with E-state index >= 15 is 0 Å². The van der Waals surface area contributed by atoms with E-state index in [1.165, 1.54) is 19.2 Å². The van der Waals surface area contributed by atoms with Gasteiger partial charge in [0.05, 0.1) is 7.11 Å². The fourth-order valence-corrected chi connectivity index (χ4v) is 5.41. The van der Waals surface area contributed by atoms with Gasteiger partial charge in [0, 0.05) is 0 Å². The standard InChI is InChI=1S/C31H40O16/c1-12(8-14-4-6-16(32)18(10-14)45-31-25(38)21(34)23(36)27(47-31)29(41)42)13(2)9-15-5-7-17(19(11-15)43-3)44-30-24(37)20(33)22(35)26(46-30)28(39)40/h4-7,10-13,20-27,30-38H,8-9H2,1-3H3,(H,39,40)(H,41,42)/t12?,13?,20-,21-,22-,23-,24+,25+,26-,27-,30+,31+/m0/s1. The second-order valence-corrected chi connectivity index (χ2v) is 11.9. The zero-order chi connectivity index (χ0) is 34.7. The lowest BCUT2D eigenvalue weighted by Crippen LogP contribution is -2.61. The Morgan fingerprint density at radius 3 is 1.53 bits per heavy atom. The first-order valence-electron chi connectivity index (χ1n) is 14.8. The molecule has 2 aromatic rings. The zero-order valence-corrected chi connectivity index (χ0v) is 25.7. The molecule has 0 spiro atoms. The number of hydrogen-bond donors (Lipinski definition) is 9. The van der Waals surface area contributed by atoms with E-state index in [4.69, 9.17) is 23.7 Å². The molecule has 0 aromatic heterocycles. The summed E-state index contributed by atoms with van der Waals surface area (Å²) >= 11 is 0. The lowest BCUT2D eigenvalue weighted by molar-refractivity contribution is -0.271. The maximum atomic E-state index is 11.4. The molecule has 0 radical (unpaired) electrons. The van der Waals surface area contributed by atoms with E-state index in [0.29, 0.717) is 12.8 Å². The van der Waals surface area contributed by atoms with Crippen LogP contribution in [0.5, 0.6) is 23.0 Å². The van der Waals surface area contributed by atoms with Gasteiger partial charge in [-0.05, 0) is 60.1 Å². The van der Waals surface area contributed by atoms with Gasteiger partial charge in [0.1, 0.15) is 36.6 Å². The summed E-state index contributed by atoms with van der Waals surface area (Å²) in [4.78, 5) is 22.8. The predicted octanol–water partition coefficient (Wildman–Crippen LogP) is -1.000. The van der Waals surface area contributed by atoms with Crippen LogP contribution in [0.4, 0.5) is 0 Å². The second kappa shape index (κ2) is 15.0. The van der Waals surface area contributed by atoms with Gasteiger partial charge in [-0.25, -0.2) is 9.59 Å². The highest BCUT2D eigenvalue weighted by atomic mass is 16.7. The van der Waals surface area contributed by atoms with Crippen molar-refractivity contribution < 1.29 is 79.2 Å². The SMILES string of the molecule is COc1cc(CC(C)C(C)Cc2ccc(O)c(O[C@@H]3O[C@H](C(=O)O)[C@@H](O)[C@H](O)[C@H]3O)c2)ccc1O[C@@H]1O[C@H](C(=O)O)[C@@H](O)[C@H](O)[C@H]1O. The molecule has 4 rings (SSSR count). The van der Waals surface area contributed by atoms with Gasteiger partial charge in [-0.3, -0.25) is 0 Å². The van der Waals surface area contributed by atoms with E-state index in [0.717, 1.165) is 11.1 Å². The van der Waals surface area contributed by atoms with Crippen molar-refractivity contribution in [2.75, 3.05) is 7.11 Å². The molecule has 9 N–H and O–H groups in total. The number of carboxylic acids is 2. The van der Waals surface area contributed by atoms with E-state index in [-0.39, 0.29) is 34.8 Å². The first-order chi connectivity index (χ1) is 22.1. The minimum absolute atomic E-state index is 0.0610. The third-order valence-electron chi connectivity index (χ3n) is 8.45. The van der Waals surface area contributed by atoms with Crippen molar-refractivity contribution in [3.05, 3.63) is 47.5 Å². The zero-order valence-electron chi connectivity index (χ0n) is 25.7. The van der Waals surface area contributed by atoms with E-state index in [1.807, 2.05) is 13.8 Å². The average Bonchev–Trinajstić information content (AvgIpc) is 3.03. The van der Waals surface area contributed by atoms with Crippen molar-refractivity contribution in [2.45, 2.75) is 88.1 Å². The lowest BCUT2D eigenvalue weighted by atomic mass is 9.85. The Labute approximate surface area is 268 Å². The number of hydrogen-bond acceptors (Lipinski definition) is 14. The Bertz CT molecular complexity index is 1400. The average molecular weight is 669 g/mol. The summed E-state index contributed by atoms with van der Waals surface area (Å²) in [5.41, 5.74) is 1.58. The van der Waals surface area contributed by atoms with Crippen molar-refractivity contribution in [3.8, 4) is 23.0 Å². The van der Waals surface area contributed by atoms with Crippen LogP contribution in [0.15, 0.2) is 36.4 Å². The molecule has 2 fully saturated rings. The van der Waals surface area contributed by atoms with Crippen LogP contribution >= 0.6 is 0 Å². The monoisotopic (exact) mass is 668 g/mol. The molecule has 2 aliphatic rings. The number of aromatic hydroxyl groups is 1. The highest BCUT2D eigenvalue weighted by molar-refractivity contribution is 5.74. The number of carbonyl (C=O) groups is 2. The second-order valence-electron chi connectivity index (χ2n) is 11.9. The number of aliphatic hydroxyl groups excluding tert-OH is 6. The van der Waals surface area contributed by atoms with Gasteiger partial charge in [-0.1, -0.05) is 26.0 Å². The maximum absolute atomic E-state index is 11.4. The van der Waals surface area contributed by atoms with Gasteiger partial charge in [0.15, 0.2) is 35.2 Å². The topological polar surface area (TPSA) is 262 Å². The van der Waals surface area contributed by atoms with E-state index < -0.39 is 73.4 Å². The Balaban J connectivity index is 1.40. The molecular formula is C31H40O16. The summed E-state index contributed by atoms with van der Waals surface area (Å²) in [6.45, 7) is 4.03. The Hall–Kier alpha value is -3.74. The number of aliphatic carboxylic acids is 2. The van der Waals surface area contributed by atoms with Gasteiger partial charge < -0.3 is 69.6 Å². The van der Waals surface area contributed by atoms with Crippen LogP contribution in [-0.2, 0) is 31.9 Å². The number of benzene rings is 2. The van der Waals surface area contributed by atoms with Crippen LogP contribution in [0, 0.1) is 11.8 Å². The normalized spacial score (nSPS) is 32.2. The Kier molecular flexibility index (Phi) is 11.5. The van der Waals surface area contributed by atoms with Crippen molar-refractivity contribution in [1.29, 1.82) is 0 Å². The van der Waals surface area contributed by atoms with Crippen molar-refractivity contribution in [1.82, 2.24) is 0 Å². The van der Waals surface area contributed by atoms with Gasteiger partial charge in [0.2, 0.25) is 12.6 Å². The molecule has 16 nitrogen and oxygen atoms in total. The molecule has 2 saturated heterocycles. The smallest absolute Gasteiger partial charge is 0.335 e. The molecule has 2 aromatic carbocycles. The van der Waals surface area contributed by atoms with Gasteiger partial charge in [-0.15, -0.1) is 0 Å². The third-order valence-corrected chi connectivity index (χ3v) is 8.45. The molecular weight excluding hydrogens is 628 g/mol. The van der Waals surface area contributed by atoms with Gasteiger partial charge in [0.25, 0.3) is 0 Å². The van der Waals surface area contributed by atoms with Crippen LogP contribution in [0.25, 0.3) is 0 Å². The lowest BCUT2D eigenvalue weighted by Gasteiger charge is -2.38. The molecule has 2 heterocycles. The molecule has 12 atom stereocenters. The number of aliphatic hydroxyl groups is 6. The van der Waals surface area contributed by atoms with Crippen LogP contribution in [-0.4, -0.2) is 126 Å². The third kappa shape index (κ3) is 8.05. The number of phenolic OH excluding ortho intramolecular Hbond substituents is 1. The summed E-state index contributed by atoms with van der Waals surface area (Å²) in [6.07, 6.45) is -16.8. The maximum Gasteiger partial charge on any atom is 0.335 e. The van der Waals surface area contributed by atoms with Crippen LogP contribution in [0.2, 0.25) is 0 Å². The van der Waals surface area contributed by atoms with Crippen LogP contribution in [0.1, 0.15) is 25.0 Å². The number of methoxy groups -OCH3 is 1. The summed E-state index contributed by atoms with van der Waals surface area (Å²) in [5, 5.41) is 89.4. The summed E-state index contributed by atoms with van der Waals surface area (Å²) in [7, 11) is 1.39. The molecule has 0 amide bonds. The molecule has 260 valence electrons. The predicted molar refractivity (Wildman–Crippen MR) is 157 cm³/mol. The number of phenols is 1. The van der Waals surface area contributed by atoms with Crippen molar-refractivity contribution in [3.63, 3.8) is 0 Å². The fourth-order valence-electron chi connectivity index (χ4n) is 5.41. The molecule has 2 aliphatic heterocycles. The van der Waals surface area contributed by atoms with E-state index in [1.54, 1.807) is 24.3 Å². The van der Waals surface area contributed by atoms with E-state index in [2.05, 4.69) is 0 Å². The van der Waals surface area contributed by atoms with Crippen LogP contribution in [0.3, 0.4) is 0 Å². The largest absolute Gasteiger partial charge is 0.504 e. The van der Waals surface area contributed by atoms with Crippen molar-refractivity contribution >= 4 is 11.9 Å². The Morgan fingerprint density at radius 2 is 1.09 bits per heavy atom. The first kappa shape index (κ1) is 36.1. The fraction of sp³-hybridized carbons (Fsp3) is 0.548. The van der Waals surface area contributed by atoms with Gasteiger partial charge in [-0.2, -0.15) is 0 Å². The molecule has 0 bridgehead atoms. The summed E-state index contributed by atoms with van der Waals surface area (Å²) in [6, 6.07) is 9.53. The minimum Gasteiger partial charge on any atom is -0.504 e. The number of ether oxygens (including phenoxy) is 5. The van der Waals surface area contributed by atoms with Crippen molar-refractivity contribution in [2.24, 2.45) is 11.8 Å². The summed E-state index contributed by atoms with van der Waals surface area (Å²) in [5.74, 6) is -3.04. The first-order valence-corrected chi connectivity index (χ1v) is 14.8. The minimum atomic E-state index is -1.89. The number of carboxylic acid groups (broad SMARTS) is 2. The molecule has 2 unspecified atom stereocenters. The van der Waals surface area contributed by atoms with E-state index in [9.17, 15) is 55.5 Å². The molecule has 16 heteroatoms. The molecule has 0 aliphatic carbocycles. The van der Waals surface area contributed by atoms with Crippen LogP contribution < -0.4 is 14.2 Å². The number of rotatable bonds is 12.